The Morgan fingerprint density at radius 1 is 0.950 bits per heavy atom. The Labute approximate surface area is 125 Å². The third-order valence-electron chi connectivity index (χ3n) is 5.81. The third kappa shape index (κ3) is 3.67. The van der Waals surface area contributed by atoms with E-state index in [9.17, 15) is 0 Å². The zero-order valence-electron chi connectivity index (χ0n) is 13.0. The van der Waals surface area contributed by atoms with E-state index < -0.39 is 0 Å². The number of allylic oxidation sites excluding steroid dienone is 2. The molecule has 3 rings (SSSR count). The smallest absolute Gasteiger partial charge is 0.0149 e. The topological polar surface area (TPSA) is 0 Å². The fourth-order valence-corrected chi connectivity index (χ4v) is 4.47. The molecule has 0 spiro atoms. The normalized spacial score (nSPS) is 35.5. The molecule has 0 aliphatic heterocycles. The first-order chi connectivity index (χ1) is 9.81. The summed E-state index contributed by atoms with van der Waals surface area (Å²) < 4.78 is 0. The molecule has 0 aromatic carbocycles. The quantitative estimate of drug-likeness (QED) is 0.363. The van der Waals surface area contributed by atoms with Crippen LogP contribution in [0.2, 0.25) is 0 Å². The van der Waals surface area contributed by atoms with Gasteiger partial charge >= 0.3 is 0 Å². The molecule has 0 aromatic rings. The fourth-order valence-electron chi connectivity index (χ4n) is 4.47. The molecule has 3 aliphatic carbocycles. The minimum absolute atomic E-state index is 0.778. The van der Waals surface area contributed by atoms with Crippen LogP contribution in [0, 0.1) is 17.8 Å². The molecule has 0 heterocycles. The lowest BCUT2D eigenvalue weighted by Crippen LogP contribution is -2.16. The molecule has 110 valence electrons. The molecule has 4 bridgehead atoms. The van der Waals surface area contributed by atoms with Gasteiger partial charge < -0.3 is 0 Å². The van der Waals surface area contributed by atoms with E-state index in [1.54, 1.807) is 11.1 Å². The number of hydrogen-bond acceptors (Lipinski definition) is 0. The van der Waals surface area contributed by atoms with Crippen LogP contribution in [0.15, 0.2) is 29.5 Å². The first-order valence-electron chi connectivity index (χ1n) is 8.93. The van der Waals surface area contributed by atoms with E-state index in [2.05, 4.69) is 18.4 Å². The lowest BCUT2D eigenvalue weighted by Gasteiger charge is -2.29. The first-order valence-corrected chi connectivity index (χ1v) is 8.93. The monoisotopic (exact) mass is 270 g/mol. The van der Waals surface area contributed by atoms with Gasteiger partial charge in [-0.3, -0.25) is 0 Å². The maximum atomic E-state index is 4.34. The van der Waals surface area contributed by atoms with Crippen molar-refractivity contribution in [1.29, 1.82) is 0 Å². The van der Waals surface area contributed by atoms with Gasteiger partial charge in [-0.2, -0.15) is 0 Å². The van der Waals surface area contributed by atoms with Crippen molar-refractivity contribution >= 4 is 0 Å². The van der Waals surface area contributed by atoms with Crippen LogP contribution in [0.4, 0.5) is 0 Å². The van der Waals surface area contributed by atoms with Crippen LogP contribution in [-0.2, 0) is 0 Å². The second-order valence-electron chi connectivity index (χ2n) is 7.40. The van der Waals surface area contributed by atoms with Crippen molar-refractivity contribution in [3.05, 3.63) is 29.5 Å². The highest BCUT2D eigenvalue weighted by Crippen LogP contribution is 2.38. The van der Waals surface area contributed by atoms with E-state index in [1.807, 2.05) is 0 Å². The molecule has 0 radical (unpaired) electrons. The average Bonchev–Trinajstić information content (AvgIpc) is 2.45. The van der Waals surface area contributed by atoms with Gasteiger partial charge in [0.2, 0.25) is 0 Å². The number of fused-ring (bicyclic) bond motifs is 4. The van der Waals surface area contributed by atoms with Gasteiger partial charge in [-0.05, 0) is 74.3 Å². The Balaban J connectivity index is 1.80. The highest BCUT2D eigenvalue weighted by molar-refractivity contribution is 5.11. The molecule has 3 unspecified atom stereocenters. The summed E-state index contributed by atoms with van der Waals surface area (Å²) in [5.74, 6) is 2.52. The summed E-state index contributed by atoms with van der Waals surface area (Å²) in [5.41, 5.74) is 6.93. The number of hydrogen-bond donors (Lipinski definition) is 0. The zero-order chi connectivity index (χ0) is 13.8. The van der Waals surface area contributed by atoms with Crippen LogP contribution in [0.1, 0.15) is 77.0 Å². The van der Waals surface area contributed by atoms with Crippen molar-refractivity contribution in [2.75, 3.05) is 0 Å². The predicted octanol–water partition coefficient (Wildman–Crippen LogP) is 6.19. The summed E-state index contributed by atoms with van der Waals surface area (Å²) in [6.07, 6.45) is 19.0. The van der Waals surface area contributed by atoms with Crippen LogP contribution in [0.25, 0.3) is 0 Å². The number of rotatable bonds is 0. The molecule has 0 saturated heterocycles. The van der Waals surface area contributed by atoms with E-state index in [-0.39, 0.29) is 0 Å². The molecule has 3 aliphatic rings. The summed E-state index contributed by atoms with van der Waals surface area (Å²) in [6.45, 7) is 4.34. The van der Waals surface area contributed by atoms with Crippen LogP contribution in [-0.4, -0.2) is 0 Å². The summed E-state index contributed by atoms with van der Waals surface area (Å²) in [6, 6.07) is 0. The van der Waals surface area contributed by atoms with Crippen LogP contribution < -0.4 is 0 Å². The third-order valence-corrected chi connectivity index (χ3v) is 5.81. The molecule has 0 amide bonds. The van der Waals surface area contributed by atoms with Crippen LogP contribution >= 0.6 is 0 Å². The van der Waals surface area contributed by atoms with E-state index in [0.717, 1.165) is 17.8 Å². The van der Waals surface area contributed by atoms with Crippen molar-refractivity contribution in [3.8, 4) is 0 Å². The van der Waals surface area contributed by atoms with Crippen LogP contribution in [0.3, 0.4) is 0 Å². The van der Waals surface area contributed by atoms with Gasteiger partial charge in [0.1, 0.15) is 0 Å². The molecule has 0 heteroatoms. The largest absolute Gasteiger partial charge is 0.126 e. The summed E-state index contributed by atoms with van der Waals surface area (Å²) in [7, 11) is 0. The lowest BCUT2D eigenvalue weighted by molar-refractivity contribution is 0.334. The average molecular weight is 270 g/mol. The van der Waals surface area contributed by atoms with Crippen molar-refractivity contribution < 1.29 is 0 Å². The van der Waals surface area contributed by atoms with Gasteiger partial charge in [-0.25, -0.2) is 0 Å². The Hall–Kier alpha value is -0.740. The molecule has 0 aromatic heterocycles. The first kappa shape index (κ1) is 14.2. The highest BCUT2D eigenvalue weighted by atomic mass is 14.3. The standard InChI is InChI=1S/C20H30/c1-16-10-11-19-13-12-18-7-4-2-3-6-17(14-18)8-5-9-20(16)15-19/h13,17,19-20H,1-11,14-15H2. The molecule has 2 saturated carbocycles. The van der Waals surface area contributed by atoms with Gasteiger partial charge in [-0.15, -0.1) is 5.73 Å². The van der Waals surface area contributed by atoms with Gasteiger partial charge in [-0.1, -0.05) is 44.3 Å². The summed E-state index contributed by atoms with van der Waals surface area (Å²) in [4.78, 5) is 0. The second kappa shape index (κ2) is 6.81. The van der Waals surface area contributed by atoms with E-state index in [4.69, 9.17) is 0 Å². The Bertz CT molecular complexity index is 408. The lowest BCUT2D eigenvalue weighted by atomic mass is 9.76. The van der Waals surface area contributed by atoms with Crippen molar-refractivity contribution in [3.63, 3.8) is 0 Å². The van der Waals surface area contributed by atoms with Gasteiger partial charge in [0.25, 0.3) is 0 Å². The summed E-state index contributed by atoms with van der Waals surface area (Å²) in [5, 5.41) is 0. The Kier molecular flexibility index (Phi) is 4.84. The minimum atomic E-state index is 0.778. The maximum absolute atomic E-state index is 4.34. The highest BCUT2D eigenvalue weighted by Gasteiger charge is 2.24. The van der Waals surface area contributed by atoms with Crippen molar-refractivity contribution in [1.82, 2.24) is 0 Å². The van der Waals surface area contributed by atoms with Gasteiger partial charge in [0.15, 0.2) is 0 Å². The van der Waals surface area contributed by atoms with E-state index in [1.165, 1.54) is 77.0 Å². The van der Waals surface area contributed by atoms with E-state index in [0.29, 0.717) is 0 Å². The van der Waals surface area contributed by atoms with Crippen LogP contribution in [0.5, 0.6) is 0 Å². The fraction of sp³-hybridized carbons (Fsp3) is 0.750. The molecule has 0 N–H and O–H groups in total. The van der Waals surface area contributed by atoms with E-state index >= 15 is 0 Å². The molecule has 2 fully saturated rings. The predicted molar refractivity (Wildman–Crippen MR) is 86.6 cm³/mol. The maximum Gasteiger partial charge on any atom is -0.0149 e. The molecular formula is C20H30. The molecule has 3 atom stereocenters. The SMILES string of the molecule is C=C1CCC2C=C=C3CCCCCC(CCCC1C2)C3. The van der Waals surface area contributed by atoms with Crippen molar-refractivity contribution in [2.24, 2.45) is 17.8 Å². The summed E-state index contributed by atoms with van der Waals surface area (Å²) >= 11 is 0. The van der Waals surface area contributed by atoms with Gasteiger partial charge in [0.05, 0.1) is 0 Å². The second-order valence-corrected chi connectivity index (χ2v) is 7.40. The van der Waals surface area contributed by atoms with Crippen molar-refractivity contribution in [2.45, 2.75) is 77.0 Å². The Morgan fingerprint density at radius 2 is 1.85 bits per heavy atom. The minimum Gasteiger partial charge on any atom is -0.126 e. The molecular weight excluding hydrogens is 240 g/mol. The zero-order valence-corrected chi connectivity index (χ0v) is 13.0. The Morgan fingerprint density at radius 3 is 2.80 bits per heavy atom. The van der Waals surface area contributed by atoms with Gasteiger partial charge in [0, 0.05) is 0 Å². The molecule has 0 nitrogen and oxygen atoms in total. The molecule has 20 heavy (non-hydrogen) atoms.